The number of fused-ring (bicyclic) bond motifs is 1. The van der Waals surface area contributed by atoms with Gasteiger partial charge in [-0.15, -0.1) is 11.3 Å². The smallest absolute Gasteiger partial charge is 0.336 e. The second-order valence-corrected chi connectivity index (χ2v) is 7.34. The van der Waals surface area contributed by atoms with Crippen LogP contribution < -0.4 is 11.2 Å². The lowest BCUT2D eigenvalue weighted by atomic mass is 10.1. The normalized spacial score (nSPS) is 14.7. The van der Waals surface area contributed by atoms with Crippen molar-refractivity contribution in [3.63, 3.8) is 0 Å². The van der Waals surface area contributed by atoms with Crippen LogP contribution >= 0.6 is 11.3 Å². The Balaban J connectivity index is 1.84. The van der Waals surface area contributed by atoms with Gasteiger partial charge in [0.25, 0.3) is 5.56 Å². The number of para-hydroxylation sites is 1. The standard InChI is InChI=1S/C19H19N3O3S/c23-16(20-10-5-2-6-11-20)13-21-15-9-12-26-17(15)18(24)22(19(21)25)14-7-3-1-4-8-14/h1,3-4,7-9,12H,2,5-6,10-11,13H2. The summed E-state index contributed by atoms with van der Waals surface area (Å²) in [5.41, 5.74) is 0.227. The zero-order chi connectivity index (χ0) is 18.1. The van der Waals surface area contributed by atoms with Crippen LogP contribution in [0.25, 0.3) is 15.9 Å². The van der Waals surface area contributed by atoms with Gasteiger partial charge >= 0.3 is 5.69 Å². The van der Waals surface area contributed by atoms with Crippen molar-refractivity contribution in [3.05, 3.63) is 62.6 Å². The number of piperidine rings is 1. The van der Waals surface area contributed by atoms with Crippen LogP contribution in [-0.4, -0.2) is 33.0 Å². The molecule has 7 heteroatoms. The zero-order valence-electron chi connectivity index (χ0n) is 14.3. The number of carbonyl (C=O) groups is 1. The first kappa shape index (κ1) is 16.8. The topological polar surface area (TPSA) is 64.3 Å². The largest absolute Gasteiger partial charge is 0.341 e. The number of carbonyl (C=O) groups excluding carboxylic acids is 1. The van der Waals surface area contributed by atoms with Crippen LogP contribution in [0.5, 0.6) is 0 Å². The molecule has 1 aromatic carbocycles. The third kappa shape index (κ3) is 2.88. The summed E-state index contributed by atoms with van der Waals surface area (Å²) in [4.78, 5) is 40.4. The maximum absolute atomic E-state index is 13.1. The number of nitrogens with zero attached hydrogens (tertiary/aromatic N) is 3. The maximum Gasteiger partial charge on any atom is 0.336 e. The number of benzene rings is 1. The molecule has 0 N–H and O–H groups in total. The second kappa shape index (κ2) is 6.92. The minimum atomic E-state index is -0.475. The van der Waals surface area contributed by atoms with Gasteiger partial charge in [-0.3, -0.25) is 14.2 Å². The molecular weight excluding hydrogens is 350 g/mol. The van der Waals surface area contributed by atoms with Gasteiger partial charge in [-0.1, -0.05) is 18.2 Å². The second-order valence-electron chi connectivity index (χ2n) is 6.42. The van der Waals surface area contributed by atoms with Crippen LogP contribution in [0.1, 0.15) is 19.3 Å². The molecule has 0 radical (unpaired) electrons. The molecule has 1 aliphatic heterocycles. The molecule has 0 unspecified atom stereocenters. The van der Waals surface area contributed by atoms with Crippen LogP contribution in [0.3, 0.4) is 0 Å². The van der Waals surface area contributed by atoms with Crippen molar-refractivity contribution >= 4 is 27.5 Å². The first-order valence-corrected chi connectivity index (χ1v) is 9.61. The summed E-state index contributed by atoms with van der Waals surface area (Å²) < 4.78 is 3.07. The lowest BCUT2D eigenvalue weighted by Gasteiger charge is -2.27. The number of rotatable bonds is 3. The van der Waals surface area contributed by atoms with Gasteiger partial charge in [-0.25, -0.2) is 9.36 Å². The van der Waals surface area contributed by atoms with Crippen LogP contribution in [-0.2, 0) is 11.3 Å². The molecule has 3 aromatic rings. The summed E-state index contributed by atoms with van der Waals surface area (Å²) in [7, 11) is 0. The minimum Gasteiger partial charge on any atom is -0.341 e. The highest BCUT2D eigenvalue weighted by Gasteiger charge is 2.21. The fourth-order valence-electron chi connectivity index (χ4n) is 3.42. The van der Waals surface area contributed by atoms with E-state index in [1.165, 1.54) is 15.9 Å². The van der Waals surface area contributed by atoms with Gasteiger partial charge in [-0.2, -0.15) is 0 Å². The van der Waals surface area contributed by atoms with E-state index in [4.69, 9.17) is 0 Å². The number of likely N-dealkylation sites (tertiary alicyclic amines) is 1. The highest BCUT2D eigenvalue weighted by molar-refractivity contribution is 7.17. The van der Waals surface area contributed by atoms with Gasteiger partial charge in [-0.05, 0) is 42.8 Å². The van der Waals surface area contributed by atoms with E-state index in [0.717, 1.165) is 36.9 Å². The van der Waals surface area contributed by atoms with Crippen LogP contribution in [0.15, 0.2) is 51.4 Å². The molecule has 4 rings (SSSR count). The van der Waals surface area contributed by atoms with E-state index in [2.05, 4.69) is 0 Å². The number of amides is 1. The molecule has 0 saturated carbocycles. The first-order valence-electron chi connectivity index (χ1n) is 8.73. The van der Waals surface area contributed by atoms with Gasteiger partial charge in [0.05, 0.1) is 11.2 Å². The van der Waals surface area contributed by atoms with Crippen molar-refractivity contribution in [3.8, 4) is 5.69 Å². The van der Waals surface area contributed by atoms with Crippen molar-refractivity contribution < 1.29 is 4.79 Å². The average molecular weight is 369 g/mol. The fraction of sp³-hybridized carbons (Fsp3) is 0.316. The summed E-state index contributed by atoms with van der Waals surface area (Å²) in [6, 6.07) is 10.6. The third-order valence-electron chi connectivity index (χ3n) is 4.77. The van der Waals surface area contributed by atoms with E-state index in [9.17, 15) is 14.4 Å². The third-order valence-corrected chi connectivity index (χ3v) is 5.66. The van der Waals surface area contributed by atoms with E-state index < -0.39 is 5.69 Å². The molecule has 3 heterocycles. The van der Waals surface area contributed by atoms with E-state index in [0.29, 0.717) is 15.9 Å². The zero-order valence-corrected chi connectivity index (χ0v) is 15.1. The summed E-state index contributed by atoms with van der Waals surface area (Å²) in [6.45, 7) is 1.43. The molecule has 0 spiro atoms. The first-order chi connectivity index (χ1) is 12.7. The molecule has 2 aromatic heterocycles. The molecular formula is C19H19N3O3S. The van der Waals surface area contributed by atoms with Crippen molar-refractivity contribution in [2.75, 3.05) is 13.1 Å². The van der Waals surface area contributed by atoms with Gasteiger partial charge in [0.1, 0.15) is 11.2 Å². The van der Waals surface area contributed by atoms with Gasteiger partial charge in [0.15, 0.2) is 0 Å². The number of thiophene rings is 1. The summed E-state index contributed by atoms with van der Waals surface area (Å²) in [5, 5.41) is 1.78. The van der Waals surface area contributed by atoms with E-state index in [1.807, 2.05) is 11.0 Å². The molecule has 134 valence electrons. The Kier molecular flexibility index (Phi) is 4.46. The quantitative estimate of drug-likeness (QED) is 0.711. The molecule has 26 heavy (non-hydrogen) atoms. The molecule has 0 aliphatic carbocycles. The summed E-state index contributed by atoms with van der Waals surface area (Å²) in [5.74, 6) is -0.0717. The lowest BCUT2D eigenvalue weighted by Crippen LogP contribution is -2.43. The molecule has 0 bridgehead atoms. The van der Waals surface area contributed by atoms with Crippen molar-refractivity contribution in [1.29, 1.82) is 0 Å². The Morgan fingerprint density at radius 1 is 1.00 bits per heavy atom. The highest BCUT2D eigenvalue weighted by Crippen LogP contribution is 2.17. The number of aromatic nitrogens is 2. The molecule has 1 aliphatic rings. The van der Waals surface area contributed by atoms with Gasteiger partial charge in [0.2, 0.25) is 5.91 Å². The van der Waals surface area contributed by atoms with Crippen molar-refractivity contribution in [2.24, 2.45) is 0 Å². The fourth-order valence-corrected chi connectivity index (χ4v) is 4.25. The van der Waals surface area contributed by atoms with E-state index in [-0.39, 0.29) is 18.0 Å². The Morgan fingerprint density at radius 3 is 2.46 bits per heavy atom. The summed E-state index contributed by atoms with van der Waals surface area (Å²) >= 11 is 1.29. The van der Waals surface area contributed by atoms with Crippen molar-refractivity contribution in [2.45, 2.75) is 25.8 Å². The lowest BCUT2D eigenvalue weighted by molar-refractivity contribution is -0.132. The van der Waals surface area contributed by atoms with Crippen LogP contribution in [0.4, 0.5) is 0 Å². The van der Waals surface area contributed by atoms with E-state index >= 15 is 0 Å². The van der Waals surface area contributed by atoms with Crippen LogP contribution in [0.2, 0.25) is 0 Å². The van der Waals surface area contributed by atoms with Gasteiger partial charge in [0, 0.05) is 13.1 Å². The Morgan fingerprint density at radius 2 is 1.73 bits per heavy atom. The average Bonchev–Trinajstić information content (AvgIpc) is 3.17. The predicted octanol–water partition coefficient (Wildman–Crippen LogP) is 2.23. The SMILES string of the molecule is O=C(Cn1c(=O)n(-c2ccccc2)c(=O)c2sccc21)N1CCCCC1. The number of hydrogen-bond acceptors (Lipinski definition) is 4. The molecule has 6 nitrogen and oxygen atoms in total. The number of hydrogen-bond donors (Lipinski definition) is 0. The molecule has 1 amide bonds. The molecule has 1 saturated heterocycles. The maximum atomic E-state index is 13.1. The Hall–Kier alpha value is -2.67. The highest BCUT2D eigenvalue weighted by atomic mass is 32.1. The predicted molar refractivity (Wildman–Crippen MR) is 102 cm³/mol. The Labute approximate surface area is 153 Å². The monoisotopic (exact) mass is 369 g/mol. The van der Waals surface area contributed by atoms with Crippen LogP contribution in [0, 0.1) is 0 Å². The molecule has 0 atom stereocenters. The minimum absolute atomic E-state index is 0.0425. The molecule has 1 fully saturated rings. The summed E-state index contributed by atoms with van der Waals surface area (Å²) in [6.07, 6.45) is 3.13. The Bertz CT molecular complexity index is 1060. The van der Waals surface area contributed by atoms with Crippen molar-refractivity contribution in [1.82, 2.24) is 14.0 Å². The van der Waals surface area contributed by atoms with Gasteiger partial charge < -0.3 is 4.90 Å². The van der Waals surface area contributed by atoms with E-state index in [1.54, 1.807) is 35.7 Å².